The first-order valence-electron chi connectivity index (χ1n) is 9.95. The second-order valence-electron chi connectivity index (χ2n) is 7.15. The van der Waals surface area contributed by atoms with Crippen LogP contribution in [0.3, 0.4) is 0 Å². The normalized spacial score (nSPS) is 10.6. The molecule has 0 aliphatic rings. The molecule has 0 unspecified atom stereocenters. The van der Waals surface area contributed by atoms with Crippen LogP contribution < -0.4 is 15.6 Å². The molecule has 0 aliphatic heterocycles. The molecule has 4 rings (SSSR count). The van der Waals surface area contributed by atoms with Crippen LogP contribution in [-0.4, -0.2) is 15.7 Å². The van der Waals surface area contributed by atoms with Crippen LogP contribution in [0.5, 0.6) is 5.88 Å². The Bertz CT molecular complexity index is 1300. The highest BCUT2D eigenvalue weighted by molar-refractivity contribution is 6.30. The van der Waals surface area contributed by atoms with Crippen LogP contribution in [0.25, 0.3) is 5.69 Å². The summed E-state index contributed by atoms with van der Waals surface area (Å²) in [7, 11) is 0. The van der Waals surface area contributed by atoms with E-state index in [-0.39, 0.29) is 11.5 Å². The fraction of sp³-hybridized carbons (Fsp3) is 0.0800. The Morgan fingerprint density at radius 1 is 0.969 bits per heavy atom. The van der Waals surface area contributed by atoms with Crippen molar-refractivity contribution in [1.82, 2.24) is 9.78 Å². The summed E-state index contributed by atoms with van der Waals surface area (Å²) in [6.07, 6.45) is 0. The van der Waals surface area contributed by atoms with E-state index in [4.69, 9.17) is 16.3 Å². The van der Waals surface area contributed by atoms with Crippen molar-refractivity contribution in [2.75, 3.05) is 5.32 Å². The molecule has 1 N–H and O–H groups in total. The zero-order valence-corrected chi connectivity index (χ0v) is 18.0. The Labute approximate surface area is 190 Å². The molecule has 0 aliphatic carbocycles. The van der Waals surface area contributed by atoms with E-state index in [1.807, 2.05) is 43.3 Å². The Kier molecular flexibility index (Phi) is 6.33. The monoisotopic (exact) mass is 445 g/mol. The maximum absolute atomic E-state index is 12.6. The Morgan fingerprint density at radius 3 is 2.41 bits per heavy atom. The standard InChI is InChI=1S/C25H20ClN3O3/c1-17-4-2-3-5-22(17)27-25(31)19-8-12-21(13-9-19)29-24(30)15-14-23(28-29)32-16-18-6-10-20(26)11-7-18/h2-15H,16H2,1H3,(H,27,31). The molecule has 1 amide bonds. The van der Waals surface area contributed by atoms with Crippen LogP contribution in [0.2, 0.25) is 5.02 Å². The maximum Gasteiger partial charge on any atom is 0.271 e. The number of amides is 1. The first kappa shape index (κ1) is 21.3. The molecule has 6 nitrogen and oxygen atoms in total. The van der Waals surface area contributed by atoms with E-state index in [1.165, 1.54) is 16.8 Å². The Balaban J connectivity index is 1.49. The van der Waals surface area contributed by atoms with Crippen molar-refractivity contribution in [3.63, 3.8) is 0 Å². The third kappa shape index (κ3) is 5.04. The molecule has 160 valence electrons. The van der Waals surface area contributed by atoms with Crippen LogP contribution >= 0.6 is 11.6 Å². The van der Waals surface area contributed by atoms with E-state index in [0.29, 0.717) is 28.8 Å². The number of benzene rings is 3. The summed E-state index contributed by atoms with van der Waals surface area (Å²) < 4.78 is 6.95. The van der Waals surface area contributed by atoms with Crippen molar-refractivity contribution in [3.05, 3.63) is 117 Å². The van der Waals surface area contributed by atoms with E-state index >= 15 is 0 Å². The first-order chi connectivity index (χ1) is 15.5. The third-order valence-corrected chi connectivity index (χ3v) is 5.10. The van der Waals surface area contributed by atoms with Crippen molar-refractivity contribution < 1.29 is 9.53 Å². The largest absolute Gasteiger partial charge is 0.472 e. The highest BCUT2D eigenvalue weighted by Crippen LogP contribution is 2.16. The van der Waals surface area contributed by atoms with Gasteiger partial charge in [-0.1, -0.05) is 41.9 Å². The minimum atomic E-state index is -0.305. The number of ether oxygens (including phenoxy) is 1. The minimum Gasteiger partial charge on any atom is -0.472 e. The van der Waals surface area contributed by atoms with E-state index in [0.717, 1.165) is 16.8 Å². The number of hydrogen-bond donors (Lipinski definition) is 1. The number of aromatic nitrogens is 2. The molecule has 0 atom stereocenters. The van der Waals surface area contributed by atoms with Gasteiger partial charge >= 0.3 is 0 Å². The van der Waals surface area contributed by atoms with Crippen LogP contribution in [0.1, 0.15) is 21.5 Å². The number of para-hydroxylation sites is 1. The average Bonchev–Trinajstić information content (AvgIpc) is 2.81. The minimum absolute atomic E-state index is 0.230. The van der Waals surface area contributed by atoms with E-state index in [9.17, 15) is 9.59 Å². The number of nitrogens with zero attached hydrogens (tertiary/aromatic N) is 2. The predicted octanol–water partition coefficient (Wildman–Crippen LogP) is 5.03. The molecule has 0 saturated carbocycles. The highest BCUT2D eigenvalue weighted by atomic mass is 35.5. The smallest absolute Gasteiger partial charge is 0.271 e. The highest BCUT2D eigenvalue weighted by Gasteiger charge is 2.10. The molecule has 32 heavy (non-hydrogen) atoms. The summed E-state index contributed by atoms with van der Waals surface area (Å²) >= 11 is 5.90. The number of halogens is 1. The molecule has 1 aromatic heterocycles. The SMILES string of the molecule is Cc1ccccc1NC(=O)c1ccc(-n2nc(OCc3ccc(Cl)cc3)ccc2=O)cc1. The summed E-state index contributed by atoms with van der Waals surface area (Å²) in [5, 5.41) is 7.82. The van der Waals surface area contributed by atoms with Gasteiger partial charge in [-0.3, -0.25) is 9.59 Å². The molecule has 1 heterocycles. The number of anilines is 1. The van der Waals surface area contributed by atoms with Gasteiger partial charge in [-0.05, 0) is 60.5 Å². The fourth-order valence-electron chi connectivity index (χ4n) is 3.06. The van der Waals surface area contributed by atoms with Gasteiger partial charge in [0.25, 0.3) is 11.5 Å². The average molecular weight is 446 g/mol. The van der Waals surface area contributed by atoms with Crippen molar-refractivity contribution in [2.24, 2.45) is 0 Å². The Morgan fingerprint density at radius 2 is 1.69 bits per heavy atom. The lowest BCUT2D eigenvalue weighted by atomic mass is 10.1. The van der Waals surface area contributed by atoms with Gasteiger partial charge in [0.2, 0.25) is 5.88 Å². The second kappa shape index (κ2) is 9.49. The van der Waals surface area contributed by atoms with Crippen LogP contribution in [0.15, 0.2) is 89.7 Å². The zero-order chi connectivity index (χ0) is 22.5. The number of carbonyl (C=O) groups is 1. The molecular weight excluding hydrogens is 426 g/mol. The maximum atomic E-state index is 12.6. The summed E-state index contributed by atoms with van der Waals surface area (Å²) in [5.74, 6) is 0.0760. The lowest BCUT2D eigenvalue weighted by Gasteiger charge is -2.10. The van der Waals surface area contributed by atoms with Crippen molar-refractivity contribution in [3.8, 4) is 11.6 Å². The summed E-state index contributed by atoms with van der Waals surface area (Å²) in [6.45, 7) is 2.22. The topological polar surface area (TPSA) is 73.2 Å². The predicted molar refractivity (Wildman–Crippen MR) is 125 cm³/mol. The lowest BCUT2D eigenvalue weighted by Crippen LogP contribution is -2.20. The molecule has 0 radical (unpaired) electrons. The number of aryl methyl sites for hydroxylation is 1. The summed E-state index contributed by atoms with van der Waals surface area (Å²) in [5.41, 5.74) is 3.35. The number of rotatable bonds is 6. The van der Waals surface area contributed by atoms with E-state index < -0.39 is 0 Å². The lowest BCUT2D eigenvalue weighted by molar-refractivity contribution is 0.102. The Hall–Kier alpha value is -3.90. The molecule has 0 bridgehead atoms. The van der Waals surface area contributed by atoms with Crippen LogP contribution in [0, 0.1) is 6.92 Å². The second-order valence-corrected chi connectivity index (χ2v) is 7.59. The van der Waals surface area contributed by atoms with Gasteiger partial charge in [0.15, 0.2) is 0 Å². The summed E-state index contributed by atoms with van der Waals surface area (Å²) in [6, 6.07) is 24.4. The van der Waals surface area contributed by atoms with Gasteiger partial charge in [-0.2, -0.15) is 4.68 Å². The van der Waals surface area contributed by atoms with Crippen molar-refractivity contribution in [1.29, 1.82) is 0 Å². The zero-order valence-electron chi connectivity index (χ0n) is 17.3. The summed E-state index contributed by atoms with van der Waals surface area (Å²) in [4.78, 5) is 24.9. The number of nitrogens with one attached hydrogen (secondary N) is 1. The molecule has 7 heteroatoms. The quantitative estimate of drug-likeness (QED) is 0.452. The van der Waals surface area contributed by atoms with Crippen molar-refractivity contribution >= 4 is 23.2 Å². The molecule has 0 spiro atoms. The van der Waals surface area contributed by atoms with E-state index in [2.05, 4.69) is 10.4 Å². The van der Waals surface area contributed by atoms with Crippen molar-refractivity contribution in [2.45, 2.75) is 13.5 Å². The third-order valence-electron chi connectivity index (χ3n) is 4.84. The molecule has 3 aromatic carbocycles. The number of carbonyl (C=O) groups excluding carboxylic acids is 1. The van der Waals surface area contributed by atoms with Crippen LogP contribution in [-0.2, 0) is 6.61 Å². The van der Waals surface area contributed by atoms with Gasteiger partial charge in [0.05, 0.1) is 5.69 Å². The molecule has 4 aromatic rings. The van der Waals surface area contributed by atoms with Gasteiger partial charge < -0.3 is 10.1 Å². The van der Waals surface area contributed by atoms with Gasteiger partial charge in [-0.25, -0.2) is 0 Å². The van der Waals surface area contributed by atoms with E-state index in [1.54, 1.807) is 36.4 Å². The fourth-order valence-corrected chi connectivity index (χ4v) is 3.18. The van der Waals surface area contributed by atoms with Gasteiger partial charge in [-0.15, -0.1) is 5.10 Å². The van der Waals surface area contributed by atoms with Gasteiger partial charge in [0.1, 0.15) is 6.61 Å². The van der Waals surface area contributed by atoms with Crippen LogP contribution in [0.4, 0.5) is 5.69 Å². The molecule has 0 fully saturated rings. The van der Waals surface area contributed by atoms with Gasteiger partial charge in [0, 0.05) is 28.4 Å². The molecule has 0 saturated heterocycles. The molecular formula is C25H20ClN3O3. The first-order valence-corrected chi connectivity index (χ1v) is 10.3. The number of hydrogen-bond acceptors (Lipinski definition) is 4.